The van der Waals surface area contributed by atoms with Gasteiger partial charge in [-0.25, -0.2) is 9.59 Å². The van der Waals surface area contributed by atoms with Crippen molar-refractivity contribution in [1.82, 2.24) is 5.32 Å². The highest BCUT2D eigenvalue weighted by Gasteiger charge is 2.39. The number of allylic oxidation sites excluding steroid dienone is 2. The van der Waals surface area contributed by atoms with Crippen molar-refractivity contribution in [2.24, 2.45) is 0 Å². The molecule has 2 rings (SSSR count). The smallest absolute Gasteiger partial charge is 0.337 e. The Morgan fingerprint density at radius 2 is 1.19 bits per heavy atom. The van der Waals surface area contributed by atoms with E-state index in [0.29, 0.717) is 22.5 Å². The van der Waals surface area contributed by atoms with Gasteiger partial charge in [0.15, 0.2) is 0 Å². The van der Waals surface area contributed by atoms with Crippen LogP contribution >= 0.6 is 0 Å². The molecule has 0 aliphatic carbocycles. The maximum absolute atomic E-state index is 13.2. The molecular weight excluding hydrogens is 392 g/mol. The van der Waals surface area contributed by atoms with E-state index in [-0.39, 0.29) is 0 Å². The molecule has 0 saturated heterocycles. The highest BCUT2D eigenvalue weighted by molar-refractivity contribution is 6.00. The second-order valence-electron chi connectivity index (χ2n) is 10.1. The van der Waals surface area contributed by atoms with Gasteiger partial charge in [-0.2, -0.15) is 0 Å². The highest BCUT2D eigenvalue weighted by atomic mass is 16.6. The number of benzene rings is 1. The summed E-state index contributed by atoms with van der Waals surface area (Å²) in [5, 5.41) is 3.19. The van der Waals surface area contributed by atoms with Crippen molar-refractivity contribution in [3.8, 4) is 0 Å². The van der Waals surface area contributed by atoms with E-state index < -0.39 is 29.1 Å². The molecule has 0 amide bonds. The first-order valence-corrected chi connectivity index (χ1v) is 10.5. The zero-order valence-electron chi connectivity index (χ0n) is 20.5. The minimum absolute atomic E-state index is 0.416. The molecule has 1 aliphatic heterocycles. The molecule has 1 aliphatic rings. The van der Waals surface area contributed by atoms with E-state index in [4.69, 9.17) is 9.47 Å². The first-order chi connectivity index (χ1) is 14.1. The Morgan fingerprint density at radius 1 is 0.806 bits per heavy atom. The third-order valence-corrected chi connectivity index (χ3v) is 4.74. The number of anilines is 1. The van der Waals surface area contributed by atoms with Gasteiger partial charge in [-0.1, -0.05) is 12.1 Å². The van der Waals surface area contributed by atoms with Crippen LogP contribution in [-0.2, 0) is 19.1 Å². The summed E-state index contributed by atoms with van der Waals surface area (Å²) in [5.74, 6) is -1.50. The van der Waals surface area contributed by atoms with Crippen molar-refractivity contribution >= 4 is 17.6 Å². The van der Waals surface area contributed by atoms with E-state index >= 15 is 0 Å². The van der Waals surface area contributed by atoms with Crippen molar-refractivity contribution in [2.75, 3.05) is 19.0 Å². The van der Waals surface area contributed by atoms with Crippen LogP contribution in [0.1, 0.15) is 66.9 Å². The van der Waals surface area contributed by atoms with Crippen LogP contribution in [0.25, 0.3) is 0 Å². The predicted molar refractivity (Wildman–Crippen MR) is 124 cm³/mol. The molecule has 1 aromatic rings. The third-order valence-electron chi connectivity index (χ3n) is 4.74. The number of hydrogen-bond donors (Lipinski definition) is 1. The van der Waals surface area contributed by atoms with Crippen LogP contribution in [0, 0.1) is 0 Å². The van der Waals surface area contributed by atoms with Crippen LogP contribution < -0.4 is 10.2 Å². The van der Waals surface area contributed by atoms with E-state index in [0.717, 1.165) is 11.3 Å². The van der Waals surface area contributed by atoms with Crippen LogP contribution in [-0.4, -0.2) is 37.2 Å². The molecule has 1 heterocycles. The summed E-state index contributed by atoms with van der Waals surface area (Å²) in [6.07, 6.45) is 0. The Hall–Kier alpha value is -2.76. The first kappa shape index (κ1) is 24.5. The maximum atomic E-state index is 13.2. The normalized spacial score (nSPS) is 15.5. The summed E-state index contributed by atoms with van der Waals surface area (Å²) >= 11 is 0. The number of nitrogens with zero attached hydrogens (tertiary/aromatic N) is 1. The molecule has 0 unspecified atom stereocenters. The van der Waals surface area contributed by atoms with Gasteiger partial charge in [0.2, 0.25) is 0 Å². The van der Waals surface area contributed by atoms with E-state index in [1.165, 1.54) is 0 Å². The Kier molecular flexibility index (Phi) is 6.94. The van der Waals surface area contributed by atoms with Gasteiger partial charge in [0.1, 0.15) is 11.2 Å². The molecule has 0 radical (unpaired) electrons. The molecule has 0 aromatic heterocycles. The van der Waals surface area contributed by atoms with Gasteiger partial charge < -0.3 is 19.7 Å². The summed E-state index contributed by atoms with van der Waals surface area (Å²) in [4.78, 5) is 28.5. The Labute approximate surface area is 186 Å². The van der Waals surface area contributed by atoms with Gasteiger partial charge in [0, 0.05) is 31.2 Å². The summed E-state index contributed by atoms with van der Waals surface area (Å²) in [7, 11) is 3.93. The quantitative estimate of drug-likeness (QED) is 0.703. The molecule has 6 nitrogen and oxygen atoms in total. The molecule has 0 bridgehead atoms. The van der Waals surface area contributed by atoms with Gasteiger partial charge in [0.05, 0.1) is 17.1 Å². The van der Waals surface area contributed by atoms with Crippen molar-refractivity contribution < 1.29 is 19.1 Å². The highest BCUT2D eigenvalue weighted by Crippen LogP contribution is 2.40. The van der Waals surface area contributed by atoms with Gasteiger partial charge in [0.25, 0.3) is 0 Å². The number of carbonyl (C=O) groups excluding carboxylic acids is 2. The summed E-state index contributed by atoms with van der Waals surface area (Å²) in [6, 6.07) is 7.84. The second-order valence-corrected chi connectivity index (χ2v) is 10.1. The minimum atomic E-state index is -0.661. The number of carbonyl (C=O) groups is 2. The van der Waals surface area contributed by atoms with Crippen molar-refractivity contribution in [3.63, 3.8) is 0 Å². The largest absolute Gasteiger partial charge is 0.457 e. The number of rotatable bonds is 4. The SMILES string of the molecule is CC1=C(C(=O)OC(C)(C)C)C(c2ccc(N(C)C)cc2)C(C(=O)OC(C)(C)C)=C(C)N1. The van der Waals surface area contributed by atoms with Crippen LogP contribution in [0.2, 0.25) is 0 Å². The lowest BCUT2D eigenvalue weighted by Crippen LogP contribution is -2.36. The fourth-order valence-electron chi connectivity index (χ4n) is 3.50. The van der Waals surface area contributed by atoms with Crippen LogP contribution in [0.15, 0.2) is 46.8 Å². The molecule has 1 aromatic carbocycles. The van der Waals surface area contributed by atoms with Gasteiger partial charge >= 0.3 is 11.9 Å². The van der Waals surface area contributed by atoms with Gasteiger partial charge in [-0.05, 0) is 73.1 Å². The molecule has 0 spiro atoms. The lowest BCUT2D eigenvalue weighted by Gasteiger charge is -2.33. The molecule has 31 heavy (non-hydrogen) atoms. The van der Waals surface area contributed by atoms with Crippen molar-refractivity contribution in [2.45, 2.75) is 72.5 Å². The Balaban J connectivity index is 2.64. The zero-order chi connectivity index (χ0) is 23.7. The maximum Gasteiger partial charge on any atom is 0.337 e. The summed E-state index contributed by atoms with van der Waals surface area (Å²) in [5.41, 5.74) is 2.70. The van der Waals surface area contributed by atoms with E-state index in [9.17, 15) is 9.59 Å². The van der Waals surface area contributed by atoms with Gasteiger partial charge in [-0.15, -0.1) is 0 Å². The van der Waals surface area contributed by atoms with Crippen LogP contribution in [0.3, 0.4) is 0 Å². The molecule has 6 heteroatoms. The average Bonchev–Trinajstić information content (AvgIpc) is 2.57. The molecule has 0 atom stereocenters. The molecule has 1 N–H and O–H groups in total. The van der Waals surface area contributed by atoms with Crippen LogP contribution in [0.4, 0.5) is 5.69 Å². The number of nitrogens with one attached hydrogen (secondary N) is 1. The first-order valence-electron chi connectivity index (χ1n) is 10.5. The number of dihydropyridines is 1. The number of esters is 2. The fourth-order valence-corrected chi connectivity index (χ4v) is 3.50. The fraction of sp³-hybridized carbons (Fsp3) is 0.520. The molecule has 0 fully saturated rings. The zero-order valence-corrected chi connectivity index (χ0v) is 20.5. The molecule has 0 saturated carbocycles. The summed E-state index contributed by atoms with van der Waals surface area (Å²) in [6.45, 7) is 14.6. The summed E-state index contributed by atoms with van der Waals surface area (Å²) < 4.78 is 11.4. The van der Waals surface area contributed by atoms with Crippen molar-refractivity contribution in [1.29, 1.82) is 0 Å². The van der Waals surface area contributed by atoms with Gasteiger partial charge in [-0.3, -0.25) is 0 Å². The number of ether oxygens (including phenoxy) is 2. The van der Waals surface area contributed by atoms with E-state index in [2.05, 4.69) is 5.32 Å². The minimum Gasteiger partial charge on any atom is -0.457 e. The predicted octanol–water partition coefficient (Wildman–Crippen LogP) is 4.67. The average molecular weight is 429 g/mol. The van der Waals surface area contributed by atoms with E-state index in [1.807, 2.05) is 98.7 Å². The second kappa shape index (κ2) is 8.77. The Bertz CT molecular complexity index is 860. The standard InChI is InChI=1S/C25H36N2O4/c1-15-19(22(28)30-24(3,4)5)21(17-11-13-18(14-12-17)27(9)10)20(16(2)26-15)23(29)31-25(6,7)8/h11-14,21,26H,1-10H3. The third kappa shape index (κ3) is 6.12. The monoisotopic (exact) mass is 428 g/mol. The van der Waals surface area contributed by atoms with Crippen LogP contribution in [0.5, 0.6) is 0 Å². The molecular formula is C25H36N2O4. The van der Waals surface area contributed by atoms with E-state index in [1.54, 1.807) is 0 Å². The van der Waals surface area contributed by atoms with Crippen molar-refractivity contribution in [3.05, 3.63) is 52.4 Å². The lowest BCUT2D eigenvalue weighted by molar-refractivity contribution is -0.150. The number of hydrogen-bond acceptors (Lipinski definition) is 6. The molecule has 170 valence electrons. The Morgan fingerprint density at radius 3 is 1.52 bits per heavy atom. The topological polar surface area (TPSA) is 67.9 Å². The lowest BCUT2D eigenvalue weighted by atomic mass is 9.80.